The Morgan fingerprint density at radius 1 is 1.48 bits per heavy atom. The van der Waals surface area contributed by atoms with E-state index in [0.29, 0.717) is 18.7 Å². The Bertz CT molecular complexity index is 687. The third-order valence-electron chi connectivity index (χ3n) is 4.32. The van der Waals surface area contributed by atoms with E-state index in [9.17, 15) is 9.90 Å². The van der Waals surface area contributed by atoms with Crippen molar-refractivity contribution in [1.82, 2.24) is 4.57 Å². The first-order valence-corrected chi connectivity index (χ1v) is 7.54. The molecular weight excluding hydrogens is 270 g/mol. The van der Waals surface area contributed by atoms with Gasteiger partial charge in [-0.1, -0.05) is 13.0 Å². The lowest BCUT2D eigenvalue weighted by Gasteiger charge is -2.21. The summed E-state index contributed by atoms with van der Waals surface area (Å²) in [6.45, 7) is 5.33. The standard InChI is InChI=1S/C16H21NO4/c1-3-7-17-13-5-4-11(9-14(13)21-16(17)19)15(18)12-6-8-20-10(12)2/h4-5,9-10,12,15,18H,3,6-8H2,1-2H3. The van der Waals surface area contributed by atoms with Crippen molar-refractivity contribution in [1.29, 1.82) is 0 Å². The van der Waals surface area contributed by atoms with Crippen LogP contribution in [0.25, 0.3) is 11.1 Å². The maximum Gasteiger partial charge on any atom is 0.419 e. The summed E-state index contributed by atoms with van der Waals surface area (Å²) in [5.41, 5.74) is 2.10. The van der Waals surface area contributed by atoms with Crippen LogP contribution in [0.1, 0.15) is 38.4 Å². The van der Waals surface area contributed by atoms with Gasteiger partial charge in [0.25, 0.3) is 0 Å². The molecule has 5 nitrogen and oxygen atoms in total. The van der Waals surface area contributed by atoms with Crippen LogP contribution in [0.5, 0.6) is 0 Å². The van der Waals surface area contributed by atoms with Gasteiger partial charge in [0.15, 0.2) is 5.58 Å². The molecule has 1 aromatic heterocycles. The molecule has 0 spiro atoms. The molecule has 1 N–H and O–H groups in total. The van der Waals surface area contributed by atoms with Crippen molar-refractivity contribution in [3.8, 4) is 0 Å². The van der Waals surface area contributed by atoms with E-state index in [1.807, 2.05) is 26.0 Å². The molecule has 3 atom stereocenters. The minimum Gasteiger partial charge on any atom is -0.408 e. The van der Waals surface area contributed by atoms with Gasteiger partial charge in [-0.2, -0.15) is 0 Å². The molecule has 0 saturated carbocycles. The van der Waals surface area contributed by atoms with Crippen molar-refractivity contribution < 1.29 is 14.3 Å². The van der Waals surface area contributed by atoms with E-state index in [1.54, 1.807) is 10.6 Å². The first-order valence-electron chi connectivity index (χ1n) is 7.54. The number of hydrogen-bond acceptors (Lipinski definition) is 4. The molecule has 3 rings (SSSR count). The Morgan fingerprint density at radius 2 is 2.29 bits per heavy atom. The molecule has 21 heavy (non-hydrogen) atoms. The molecule has 0 aliphatic carbocycles. The van der Waals surface area contributed by atoms with Gasteiger partial charge < -0.3 is 14.3 Å². The van der Waals surface area contributed by atoms with Crippen LogP contribution in [0, 0.1) is 5.92 Å². The van der Waals surface area contributed by atoms with E-state index in [4.69, 9.17) is 9.15 Å². The number of aliphatic hydroxyl groups is 1. The fraction of sp³-hybridized carbons (Fsp3) is 0.562. The van der Waals surface area contributed by atoms with Gasteiger partial charge in [-0.25, -0.2) is 4.79 Å². The molecule has 1 fully saturated rings. The number of ether oxygens (including phenoxy) is 1. The smallest absolute Gasteiger partial charge is 0.408 e. The van der Waals surface area contributed by atoms with E-state index in [-0.39, 0.29) is 17.8 Å². The van der Waals surface area contributed by atoms with E-state index >= 15 is 0 Å². The van der Waals surface area contributed by atoms with Crippen molar-refractivity contribution >= 4 is 11.1 Å². The zero-order valence-electron chi connectivity index (χ0n) is 12.4. The molecule has 2 aromatic rings. The number of benzene rings is 1. The predicted octanol–water partition coefficient (Wildman–Crippen LogP) is 2.46. The molecule has 1 aliphatic rings. The molecule has 3 unspecified atom stereocenters. The topological polar surface area (TPSA) is 64.6 Å². The van der Waals surface area contributed by atoms with Gasteiger partial charge in [0, 0.05) is 19.1 Å². The van der Waals surface area contributed by atoms with E-state index in [0.717, 1.165) is 23.9 Å². The third kappa shape index (κ3) is 2.51. The number of aliphatic hydroxyl groups excluding tert-OH is 1. The Hall–Kier alpha value is -1.59. The second-order valence-electron chi connectivity index (χ2n) is 5.72. The molecular formula is C16H21NO4. The molecule has 0 radical (unpaired) electrons. The first-order chi connectivity index (χ1) is 10.1. The number of aromatic nitrogens is 1. The number of nitrogens with zero attached hydrogens (tertiary/aromatic N) is 1. The fourth-order valence-corrected chi connectivity index (χ4v) is 3.11. The summed E-state index contributed by atoms with van der Waals surface area (Å²) in [6, 6.07) is 5.51. The molecule has 5 heteroatoms. The lowest BCUT2D eigenvalue weighted by atomic mass is 9.91. The summed E-state index contributed by atoms with van der Waals surface area (Å²) in [7, 11) is 0. The van der Waals surface area contributed by atoms with Crippen LogP contribution < -0.4 is 5.76 Å². The minimum absolute atomic E-state index is 0.0485. The maximum atomic E-state index is 11.8. The Labute approximate surface area is 123 Å². The molecule has 1 aromatic carbocycles. The Kier molecular flexibility index (Phi) is 3.87. The zero-order chi connectivity index (χ0) is 15.0. The number of fused-ring (bicyclic) bond motifs is 1. The van der Waals surface area contributed by atoms with Gasteiger partial charge in [-0.05, 0) is 37.5 Å². The summed E-state index contributed by atoms with van der Waals surface area (Å²) in [6.07, 6.45) is 1.18. The van der Waals surface area contributed by atoms with E-state index < -0.39 is 6.10 Å². The molecule has 1 aliphatic heterocycles. The van der Waals surface area contributed by atoms with Gasteiger partial charge in [-0.15, -0.1) is 0 Å². The number of rotatable bonds is 4. The van der Waals surface area contributed by atoms with Gasteiger partial charge in [-0.3, -0.25) is 4.57 Å². The van der Waals surface area contributed by atoms with Crippen molar-refractivity contribution in [2.75, 3.05) is 6.61 Å². The van der Waals surface area contributed by atoms with Crippen LogP contribution in [0.3, 0.4) is 0 Å². The first kappa shape index (κ1) is 14.4. The lowest BCUT2D eigenvalue weighted by molar-refractivity contribution is 0.0432. The Morgan fingerprint density at radius 3 is 2.95 bits per heavy atom. The number of hydrogen-bond donors (Lipinski definition) is 1. The maximum absolute atomic E-state index is 11.8. The monoisotopic (exact) mass is 291 g/mol. The highest BCUT2D eigenvalue weighted by atomic mass is 16.5. The normalized spacial score (nSPS) is 23.8. The molecule has 2 heterocycles. The average molecular weight is 291 g/mol. The van der Waals surface area contributed by atoms with Gasteiger partial charge >= 0.3 is 5.76 Å². The predicted molar refractivity (Wildman–Crippen MR) is 79.2 cm³/mol. The van der Waals surface area contributed by atoms with Crippen molar-refractivity contribution in [3.05, 3.63) is 34.3 Å². The van der Waals surface area contributed by atoms with Crippen LogP contribution in [-0.4, -0.2) is 22.4 Å². The summed E-state index contributed by atoms with van der Waals surface area (Å²) >= 11 is 0. The third-order valence-corrected chi connectivity index (χ3v) is 4.32. The number of oxazole rings is 1. The van der Waals surface area contributed by atoms with Crippen LogP contribution in [0.15, 0.2) is 27.4 Å². The Balaban J connectivity index is 1.96. The molecule has 0 bridgehead atoms. The van der Waals surface area contributed by atoms with Crippen LogP contribution in [-0.2, 0) is 11.3 Å². The van der Waals surface area contributed by atoms with E-state index in [1.165, 1.54) is 0 Å². The quantitative estimate of drug-likeness (QED) is 0.940. The average Bonchev–Trinajstić information content (AvgIpc) is 3.02. The molecule has 1 saturated heterocycles. The van der Waals surface area contributed by atoms with Crippen molar-refractivity contribution in [3.63, 3.8) is 0 Å². The lowest BCUT2D eigenvalue weighted by Crippen LogP contribution is -2.19. The van der Waals surface area contributed by atoms with E-state index in [2.05, 4.69) is 0 Å². The van der Waals surface area contributed by atoms with Crippen molar-refractivity contribution in [2.24, 2.45) is 5.92 Å². The summed E-state index contributed by atoms with van der Waals surface area (Å²) in [5.74, 6) is -0.247. The largest absolute Gasteiger partial charge is 0.419 e. The van der Waals surface area contributed by atoms with Crippen LogP contribution >= 0.6 is 0 Å². The fourth-order valence-electron chi connectivity index (χ4n) is 3.11. The molecule has 114 valence electrons. The zero-order valence-corrected chi connectivity index (χ0v) is 12.4. The summed E-state index contributed by atoms with van der Waals surface area (Å²) in [4.78, 5) is 11.8. The highest BCUT2D eigenvalue weighted by Crippen LogP contribution is 2.34. The summed E-state index contributed by atoms with van der Waals surface area (Å²) in [5, 5.41) is 10.5. The second kappa shape index (κ2) is 5.66. The van der Waals surface area contributed by atoms with Crippen LogP contribution in [0.4, 0.5) is 0 Å². The van der Waals surface area contributed by atoms with Crippen LogP contribution in [0.2, 0.25) is 0 Å². The highest BCUT2D eigenvalue weighted by Gasteiger charge is 2.31. The number of aryl methyl sites for hydroxylation is 1. The van der Waals surface area contributed by atoms with Gasteiger partial charge in [0.05, 0.1) is 17.7 Å². The molecule has 0 amide bonds. The van der Waals surface area contributed by atoms with Gasteiger partial charge in [0.2, 0.25) is 0 Å². The summed E-state index contributed by atoms with van der Waals surface area (Å²) < 4.78 is 12.4. The van der Waals surface area contributed by atoms with Crippen molar-refractivity contribution in [2.45, 2.75) is 45.4 Å². The SMILES string of the molecule is CCCn1c(=O)oc2cc(C(O)C3CCOC3C)ccc21. The second-order valence-corrected chi connectivity index (χ2v) is 5.72. The van der Waals surface area contributed by atoms with Gasteiger partial charge in [0.1, 0.15) is 0 Å². The minimum atomic E-state index is -0.591. The highest BCUT2D eigenvalue weighted by molar-refractivity contribution is 5.73.